The van der Waals surface area contributed by atoms with Crippen LogP contribution in [0.3, 0.4) is 0 Å². The number of carbonyl (C=O) groups is 4. The first kappa shape index (κ1) is 23.2. The minimum absolute atomic E-state index is 0.0216. The predicted octanol–water partition coefficient (Wildman–Crippen LogP) is 2.58. The molecule has 11 heteroatoms. The van der Waals surface area contributed by atoms with Crippen LogP contribution < -0.4 is 15.4 Å². The number of aromatic nitrogens is 1. The molecule has 0 radical (unpaired) electrons. The summed E-state index contributed by atoms with van der Waals surface area (Å²) in [6, 6.07) is 4.16. The first-order valence-electron chi connectivity index (χ1n) is 9.87. The molecule has 2 heterocycles. The Morgan fingerprint density at radius 3 is 2.50 bits per heavy atom. The van der Waals surface area contributed by atoms with Crippen molar-refractivity contribution in [1.29, 1.82) is 0 Å². The van der Waals surface area contributed by atoms with Gasteiger partial charge in [-0.25, -0.2) is 19.5 Å². The Kier molecular flexibility index (Phi) is 7.08. The Morgan fingerprint density at radius 2 is 1.91 bits per heavy atom. The maximum Gasteiger partial charge on any atom is 0.357 e. The predicted molar refractivity (Wildman–Crippen MR) is 116 cm³/mol. The molecular weight excluding hydrogens is 436 g/mol. The topological polar surface area (TPSA) is 127 Å². The molecule has 4 amide bonds. The van der Waals surface area contributed by atoms with E-state index in [1.54, 1.807) is 24.3 Å². The van der Waals surface area contributed by atoms with Gasteiger partial charge in [0.1, 0.15) is 17.8 Å². The summed E-state index contributed by atoms with van der Waals surface area (Å²) < 4.78 is 9.74. The Hall–Kier alpha value is -3.47. The third-order valence-corrected chi connectivity index (χ3v) is 5.62. The molecule has 170 valence electrons. The van der Waals surface area contributed by atoms with E-state index in [0.29, 0.717) is 11.3 Å². The molecule has 0 saturated carbocycles. The summed E-state index contributed by atoms with van der Waals surface area (Å²) in [6.45, 7) is 3.77. The Balaban J connectivity index is 1.81. The summed E-state index contributed by atoms with van der Waals surface area (Å²) in [5.74, 6) is -1.07. The number of urea groups is 1. The van der Waals surface area contributed by atoms with E-state index in [1.807, 2.05) is 13.8 Å². The molecule has 0 bridgehead atoms. The molecule has 3 rings (SSSR count). The van der Waals surface area contributed by atoms with E-state index >= 15 is 0 Å². The number of methoxy groups -OCH3 is 2. The lowest BCUT2D eigenvalue weighted by Crippen LogP contribution is -2.48. The number of benzene rings is 1. The van der Waals surface area contributed by atoms with Gasteiger partial charge in [0.2, 0.25) is 5.91 Å². The molecular formula is C21H24N4O6S. The van der Waals surface area contributed by atoms with Crippen molar-refractivity contribution in [3.8, 4) is 5.75 Å². The van der Waals surface area contributed by atoms with Gasteiger partial charge in [-0.1, -0.05) is 26.0 Å². The monoisotopic (exact) mass is 460 g/mol. The van der Waals surface area contributed by atoms with Gasteiger partial charge in [-0.3, -0.25) is 9.59 Å². The van der Waals surface area contributed by atoms with Gasteiger partial charge in [0, 0.05) is 5.38 Å². The number of carbonyl (C=O) groups excluding carboxylic acids is 4. The van der Waals surface area contributed by atoms with Crippen molar-refractivity contribution in [2.45, 2.75) is 32.4 Å². The standard InChI is InChI=1S/C21H24N4O6S/c1-11(2)9-15(17(26)24-20-22-14(10-32-20)19(28)31-4)25-18(27)16(23-21(25)29)12-5-7-13(30-3)8-6-12/h5-8,10-11,15-16H,9H2,1-4H3,(H,23,29)(H,22,24,26). The quantitative estimate of drug-likeness (QED) is 0.458. The Bertz CT molecular complexity index is 1020. The fraction of sp³-hybridized carbons (Fsp3) is 0.381. The van der Waals surface area contributed by atoms with Crippen molar-refractivity contribution in [2.24, 2.45) is 5.92 Å². The highest BCUT2D eigenvalue weighted by Crippen LogP contribution is 2.28. The van der Waals surface area contributed by atoms with Gasteiger partial charge in [0.05, 0.1) is 14.2 Å². The lowest BCUT2D eigenvalue weighted by molar-refractivity contribution is -0.134. The SMILES string of the molecule is COC(=O)c1csc(NC(=O)C(CC(C)C)N2C(=O)NC(c3ccc(OC)cc3)C2=O)n1. The number of thiazole rings is 1. The zero-order chi connectivity index (χ0) is 23.4. The largest absolute Gasteiger partial charge is 0.497 e. The van der Waals surface area contributed by atoms with Gasteiger partial charge in [0.15, 0.2) is 10.8 Å². The maximum absolute atomic E-state index is 13.1. The molecule has 1 aliphatic rings. The van der Waals surface area contributed by atoms with Crippen LogP contribution >= 0.6 is 11.3 Å². The maximum atomic E-state index is 13.1. The van der Waals surface area contributed by atoms with Crippen molar-refractivity contribution >= 4 is 40.3 Å². The average molecular weight is 461 g/mol. The molecule has 32 heavy (non-hydrogen) atoms. The fourth-order valence-electron chi connectivity index (χ4n) is 3.31. The summed E-state index contributed by atoms with van der Waals surface area (Å²) in [7, 11) is 2.76. The Morgan fingerprint density at radius 1 is 1.22 bits per heavy atom. The number of esters is 1. The van der Waals surface area contributed by atoms with Gasteiger partial charge in [0.25, 0.3) is 5.91 Å². The van der Waals surface area contributed by atoms with Crippen LogP contribution in [0.4, 0.5) is 9.93 Å². The van der Waals surface area contributed by atoms with Gasteiger partial charge >= 0.3 is 12.0 Å². The third kappa shape index (κ3) is 4.88. The number of hydrogen-bond acceptors (Lipinski definition) is 8. The Labute approximate surface area is 188 Å². The van der Waals surface area contributed by atoms with Crippen LogP contribution in [0.2, 0.25) is 0 Å². The lowest BCUT2D eigenvalue weighted by atomic mass is 10.0. The van der Waals surface area contributed by atoms with Crippen LogP contribution in [0, 0.1) is 5.92 Å². The van der Waals surface area contributed by atoms with Gasteiger partial charge in [-0.2, -0.15) is 0 Å². The zero-order valence-corrected chi connectivity index (χ0v) is 18.9. The highest BCUT2D eigenvalue weighted by atomic mass is 32.1. The number of nitrogens with one attached hydrogen (secondary N) is 2. The van der Waals surface area contributed by atoms with Crippen LogP contribution in [-0.4, -0.2) is 54.0 Å². The van der Waals surface area contributed by atoms with E-state index in [0.717, 1.165) is 16.2 Å². The molecule has 1 aliphatic heterocycles. The number of anilines is 1. The van der Waals surface area contributed by atoms with Crippen molar-refractivity contribution in [3.63, 3.8) is 0 Å². The normalized spacial score (nSPS) is 16.7. The van der Waals surface area contributed by atoms with E-state index in [-0.39, 0.29) is 23.2 Å². The second-order valence-corrected chi connectivity index (χ2v) is 8.39. The van der Waals surface area contributed by atoms with Crippen LogP contribution in [0.15, 0.2) is 29.6 Å². The summed E-state index contributed by atoms with van der Waals surface area (Å²) in [5, 5.41) is 6.87. The van der Waals surface area contributed by atoms with Gasteiger partial charge < -0.3 is 20.1 Å². The second kappa shape index (κ2) is 9.77. The van der Waals surface area contributed by atoms with Crippen molar-refractivity contribution < 1.29 is 28.7 Å². The molecule has 2 unspecified atom stereocenters. The van der Waals surface area contributed by atoms with E-state index in [4.69, 9.17) is 4.74 Å². The molecule has 10 nitrogen and oxygen atoms in total. The van der Waals surface area contributed by atoms with Crippen LogP contribution in [0.1, 0.15) is 42.4 Å². The molecule has 2 atom stereocenters. The van der Waals surface area contributed by atoms with Crippen molar-refractivity contribution in [2.75, 3.05) is 19.5 Å². The molecule has 1 fully saturated rings. The average Bonchev–Trinajstić information content (AvgIpc) is 3.35. The van der Waals surface area contributed by atoms with Crippen molar-refractivity contribution in [1.82, 2.24) is 15.2 Å². The molecule has 1 saturated heterocycles. The van der Waals surface area contributed by atoms with Gasteiger partial charge in [-0.15, -0.1) is 11.3 Å². The molecule has 2 aromatic rings. The molecule has 1 aromatic carbocycles. The fourth-order valence-corrected chi connectivity index (χ4v) is 3.99. The van der Waals surface area contributed by atoms with E-state index in [9.17, 15) is 19.2 Å². The summed E-state index contributed by atoms with van der Waals surface area (Å²) in [5.41, 5.74) is 0.640. The molecule has 0 spiro atoms. The number of rotatable bonds is 8. The van der Waals surface area contributed by atoms with E-state index < -0.39 is 35.9 Å². The number of hydrogen-bond donors (Lipinski definition) is 2. The summed E-state index contributed by atoms with van der Waals surface area (Å²) >= 11 is 1.04. The highest BCUT2D eigenvalue weighted by molar-refractivity contribution is 7.14. The van der Waals surface area contributed by atoms with E-state index in [2.05, 4.69) is 20.4 Å². The van der Waals surface area contributed by atoms with Gasteiger partial charge in [-0.05, 0) is 30.0 Å². The van der Waals surface area contributed by atoms with E-state index in [1.165, 1.54) is 19.6 Å². The summed E-state index contributed by atoms with van der Waals surface area (Å²) in [6.07, 6.45) is 0.259. The highest BCUT2D eigenvalue weighted by Gasteiger charge is 2.45. The molecule has 2 N–H and O–H groups in total. The first-order valence-corrected chi connectivity index (χ1v) is 10.7. The minimum atomic E-state index is -1.05. The number of imide groups is 1. The van der Waals surface area contributed by atoms with Crippen molar-refractivity contribution in [3.05, 3.63) is 40.9 Å². The molecule has 1 aromatic heterocycles. The lowest BCUT2D eigenvalue weighted by Gasteiger charge is -2.25. The smallest absolute Gasteiger partial charge is 0.357 e. The van der Waals surface area contributed by atoms with Crippen LogP contribution in [-0.2, 0) is 14.3 Å². The number of amides is 4. The van der Waals surface area contributed by atoms with Crippen LogP contribution in [0.5, 0.6) is 5.75 Å². The number of nitrogens with zero attached hydrogens (tertiary/aromatic N) is 2. The zero-order valence-electron chi connectivity index (χ0n) is 18.1. The second-order valence-electron chi connectivity index (χ2n) is 7.53. The summed E-state index contributed by atoms with van der Waals surface area (Å²) in [4.78, 5) is 55.5. The third-order valence-electron chi connectivity index (χ3n) is 4.86. The minimum Gasteiger partial charge on any atom is -0.497 e. The van der Waals surface area contributed by atoms with Crippen LogP contribution in [0.25, 0.3) is 0 Å². The number of ether oxygens (including phenoxy) is 2. The first-order chi connectivity index (χ1) is 15.2. The molecule has 0 aliphatic carbocycles.